The summed E-state index contributed by atoms with van der Waals surface area (Å²) in [4.78, 5) is 12.2. The highest BCUT2D eigenvalue weighted by Gasteiger charge is 2.27. The van der Waals surface area contributed by atoms with Crippen molar-refractivity contribution in [2.24, 2.45) is 5.92 Å². The minimum Gasteiger partial charge on any atom is -0.493 e. The summed E-state index contributed by atoms with van der Waals surface area (Å²) >= 11 is 5.25. The number of aromatic nitrogens is 3. The maximum atomic E-state index is 12.2. The molecule has 1 aliphatic carbocycles. The van der Waals surface area contributed by atoms with Crippen LogP contribution in [0, 0.1) is 10.7 Å². The van der Waals surface area contributed by atoms with Gasteiger partial charge in [-0.15, -0.1) is 0 Å². The third-order valence-corrected chi connectivity index (χ3v) is 4.59. The van der Waals surface area contributed by atoms with Gasteiger partial charge in [0.15, 0.2) is 22.1 Å². The first-order valence-electron chi connectivity index (χ1n) is 9.40. The van der Waals surface area contributed by atoms with E-state index in [4.69, 9.17) is 21.7 Å². The number of aromatic amines is 1. The van der Waals surface area contributed by atoms with Crippen LogP contribution in [0.2, 0.25) is 0 Å². The van der Waals surface area contributed by atoms with Crippen molar-refractivity contribution >= 4 is 24.2 Å². The van der Waals surface area contributed by atoms with Gasteiger partial charge in [0, 0.05) is 12.1 Å². The Morgan fingerprint density at radius 2 is 2.21 bits per heavy atom. The first-order chi connectivity index (χ1) is 13.5. The standard InChI is InChI=1S/C20H26N4O3S/c1-13(2)12-27-16-8-4-14(10-17(16)26-3)5-9-19(25)21-11-18-22-23-20(28)24(18)15-6-7-15/h4-5,8-10,13,15H,6-7,11-12H2,1-3H3,(H,21,25)(H,23,28)/b9-5+. The van der Waals surface area contributed by atoms with E-state index in [9.17, 15) is 4.79 Å². The van der Waals surface area contributed by atoms with E-state index in [0.717, 1.165) is 24.2 Å². The lowest BCUT2D eigenvalue weighted by atomic mass is 10.2. The summed E-state index contributed by atoms with van der Waals surface area (Å²) in [5, 5.41) is 9.85. The molecule has 0 atom stereocenters. The third-order valence-electron chi connectivity index (χ3n) is 4.30. The van der Waals surface area contributed by atoms with E-state index in [1.54, 1.807) is 13.2 Å². The van der Waals surface area contributed by atoms with Crippen molar-refractivity contribution in [2.45, 2.75) is 39.3 Å². The quantitative estimate of drug-likeness (QED) is 0.494. The molecule has 0 unspecified atom stereocenters. The van der Waals surface area contributed by atoms with Crippen molar-refractivity contribution in [3.63, 3.8) is 0 Å². The molecule has 1 aliphatic rings. The maximum Gasteiger partial charge on any atom is 0.244 e. The molecule has 0 spiro atoms. The van der Waals surface area contributed by atoms with Gasteiger partial charge in [-0.2, -0.15) is 5.10 Å². The normalized spacial score (nSPS) is 13.9. The van der Waals surface area contributed by atoms with E-state index in [1.807, 2.05) is 22.8 Å². The number of nitrogens with zero attached hydrogens (tertiary/aromatic N) is 2. The second kappa shape index (κ2) is 9.05. The fourth-order valence-corrected chi connectivity index (χ4v) is 3.03. The molecule has 0 radical (unpaired) electrons. The molecule has 1 aromatic carbocycles. The number of hydrogen-bond acceptors (Lipinski definition) is 5. The predicted molar refractivity (Wildman–Crippen MR) is 110 cm³/mol. The van der Waals surface area contributed by atoms with E-state index >= 15 is 0 Å². The van der Waals surface area contributed by atoms with Crippen molar-refractivity contribution in [2.75, 3.05) is 13.7 Å². The zero-order valence-electron chi connectivity index (χ0n) is 16.4. The van der Waals surface area contributed by atoms with E-state index in [2.05, 4.69) is 29.4 Å². The number of benzene rings is 1. The topological polar surface area (TPSA) is 81.2 Å². The summed E-state index contributed by atoms with van der Waals surface area (Å²) in [6.07, 6.45) is 5.44. The van der Waals surface area contributed by atoms with Crippen LogP contribution < -0.4 is 14.8 Å². The van der Waals surface area contributed by atoms with Gasteiger partial charge in [0.25, 0.3) is 0 Å². The molecule has 1 amide bonds. The number of ether oxygens (including phenoxy) is 2. The third kappa shape index (κ3) is 5.22. The Kier molecular flexibility index (Phi) is 6.51. The van der Waals surface area contributed by atoms with Crippen LogP contribution in [0.5, 0.6) is 11.5 Å². The van der Waals surface area contributed by atoms with Crippen molar-refractivity contribution in [1.82, 2.24) is 20.1 Å². The van der Waals surface area contributed by atoms with Gasteiger partial charge in [-0.1, -0.05) is 19.9 Å². The van der Waals surface area contributed by atoms with E-state index in [0.29, 0.717) is 41.4 Å². The van der Waals surface area contributed by atoms with Crippen LogP contribution in [0.15, 0.2) is 24.3 Å². The predicted octanol–water partition coefficient (Wildman–Crippen LogP) is 3.65. The summed E-state index contributed by atoms with van der Waals surface area (Å²) in [7, 11) is 1.60. The molecule has 2 aromatic rings. The lowest BCUT2D eigenvalue weighted by Gasteiger charge is -2.12. The number of methoxy groups -OCH3 is 1. The van der Waals surface area contributed by atoms with Crippen LogP contribution in [0.4, 0.5) is 0 Å². The lowest BCUT2D eigenvalue weighted by molar-refractivity contribution is -0.116. The Balaban J connectivity index is 1.58. The second-order valence-corrected chi connectivity index (χ2v) is 7.60. The zero-order chi connectivity index (χ0) is 20.1. The highest BCUT2D eigenvalue weighted by molar-refractivity contribution is 7.71. The fraction of sp³-hybridized carbons (Fsp3) is 0.450. The second-order valence-electron chi connectivity index (χ2n) is 7.21. The van der Waals surface area contributed by atoms with Gasteiger partial charge < -0.3 is 14.8 Å². The number of carbonyl (C=O) groups is 1. The molecule has 0 saturated heterocycles. The largest absolute Gasteiger partial charge is 0.493 e. The van der Waals surface area contributed by atoms with Crippen LogP contribution in [-0.2, 0) is 11.3 Å². The van der Waals surface area contributed by atoms with Crippen LogP contribution in [0.1, 0.15) is 44.1 Å². The smallest absolute Gasteiger partial charge is 0.244 e. The summed E-state index contributed by atoms with van der Waals surface area (Å²) < 4.78 is 13.7. The molecule has 150 valence electrons. The minimum absolute atomic E-state index is 0.199. The van der Waals surface area contributed by atoms with E-state index in [1.165, 1.54) is 6.08 Å². The molecule has 1 heterocycles. The van der Waals surface area contributed by atoms with Gasteiger partial charge in [0.05, 0.1) is 20.3 Å². The van der Waals surface area contributed by atoms with Crippen molar-refractivity contribution in [3.8, 4) is 11.5 Å². The molecule has 8 heteroatoms. The first kappa shape index (κ1) is 20.1. The SMILES string of the molecule is COc1cc(/C=C/C(=O)NCc2n[nH]c(=S)n2C2CC2)ccc1OCC(C)C. The Bertz CT molecular complexity index is 912. The van der Waals surface area contributed by atoms with Crippen LogP contribution in [0.25, 0.3) is 6.08 Å². The van der Waals surface area contributed by atoms with Gasteiger partial charge >= 0.3 is 0 Å². The first-order valence-corrected chi connectivity index (χ1v) is 9.81. The Hall–Kier alpha value is -2.61. The van der Waals surface area contributed by atoms with Gasteiger partial charge in [-0.3, -0.25) is 14.5 Å². The van der Waals surface area contributed by atoms with Crippen molar-refractivity contribution in [1.29, 1.82) is 0 Å². The molecule has 7 nitrogen and oxygen atoms in total. The Labute approximate surface area is 169 Å². The van der Waals surface area contributed by atoms with Gasteiger partial charge in [-0.25, -0.2) is 0 Å². The number of carbonyl (C=O) groups excluding carboxylic acids is 1. The number of H-pyrrole nitrogens is 1. The molecule has 3 rings (SSSR count). The number of hydrogen-bond donors (Lipinski definition) is 2. The highest BCUT2D eigenvalue weighted by atomic mass is 32.1. The Morgan fingerprint density at radius 1 is 1.43 bits per heavy atom. The van der Waals surface area contributed by atoms with Gasteiger partial charge in [-0.05, 0) is 54.7 Å². The molecule has 1 aromatic heterocycles. The summed E-state index contributed by atoms with van der Waals surface area (Å²) in [5.41, 5.74) is 0.851. The van der Waals surface area contributed by atoms with E-state index in [-0.39, 0.29) is 5.91 Å². The van der Waals surface area contributed by atoms with Crippen LogP contribution >= 0.6 is 12.2 Å². The molecular formula is C20H26N4O3S. The molecule has 2 N–H and O–H groups in total. The average Bonchev–Trinajstić information content (AvgIpc) is 3.45. The molecule has 0 aliphatic heterocycles. The van der Waals surface area contributed by atoms with Gasteiger partial charge in [0.2, 0.25) is 5.91 Å². The summed E-state index contributed by atoms with van der Waals surface area (Å²) in [5.74, 6) is 2.32. The highest BCUT2D eigenvalue weighted by Crippen LogP contribution is 2.35. The van der Waals surface area contributed by atoms with Crippen LogP contribution in [-0.4, -0.2) is 34.4 Å². The summed E-state index contributed by atoms with van der Waals surface area (Å²) in [6, 6.07) is 6.00. The molecular weight excluding hydrogens is 376 g/mol. The molecule has 1 fully saturated rings. The fourth-order valence-electron chi connectivity index (χ4n) is 2.73. The number of nitrogens with one attached hydrogen (secondary N) is 2. The molecule has 1 saturated carbocycles. The Morgan fingerprint density at radius 3 is 2.89 bits per heavy atom. The maximum absolute atomic E-state index is 12.2. The minimum atomic E-state index is -0.199. The number of rotatable bonds is 9. The molecule has 28 heavy (non-hydrogen) atoms. The zero-order valence-corrected chi connectivity index (χ0v) is 17.2. The van der Waals surface area contributed by atoms with Crippen LogP contribution in [0.3, 0.4) is 0 Å². The van der Waals surface area contributed by atoms with Gasteiger partial charge in [0.1, 0.15) is 0 Å². The van der Waals surface area contributed by atoms with E-state index < -0.39 is 0 Å². The van der Waals surface area contributed by atoms with Crippen molar-refractivity contribution < 1.29 is 14.3 Å². The number of amides is 1. The van der Waals surface area contributed by atoms with Crippen molar-refractivity contribution in [3.05, 3.63) is 40.4 Å². The summed E-state index contributed by atoms with van der Waals surface area (Å²) in [6.45, 7) is 5.13. The average molecular weight is 403 g/mol. The molecule has 0 bridgehead atoms. The monoisotopic (exact) mass is 402 g/mol. The lowest BCUT2D eigenvalue weighted by Crippen LogP contribution is -2.22.